The molecular formula is C78H108O18Si2. The van der Waals surface area contributed by atoms with Gasteiger partial charge in [0.05, 0.1) is 56.8 Å². The molecule has 3 aliphatic heterocycles. The molecule has 0 bridgehead atoms. The first-order valence-corrected chi connectivity index (χ1v) is 39.7. The molecule has 5 aromatic rings. The van der Waals surface area contributed by atoms with Crippen LogP contribution in [0.2, 0.25) is 33.2 Å². The summed E-state index contributed by atoms with van der Waals surface area (Å²) in [6, 6.07) is 45.5. The molecule has 0 amide bonds. The Morgan fingerprint density at radius 1 is 0.367 bits per heavy atom. The summed E-state index contributed by atoms with van der Waals surface area (Å²) >= 11 is 0. The highest BCUT2D eigenvalue weighted by molar-refractivity contribution is 6.78. The van der Waals surface area contributed by atoms with Gasteiger partial charge in [0, 0.05) is 13.0 Å². The van der Waals surface area contributed by atoms with Crippen LogP contribution in [0.15, 0.2) is 152 Å². The van der Waals surface area contributed by atoms with Gasteiger partial charge in [-0.25, -0.2) is 14.4 Å². The summed E-state index contributed by atoms with van der Waals surface area (Å²) < 4.78 is 94.7. The molecular weight excluding hydrogens is 1280 g/mol. The lowest BCUT2D eigenvalue weighted by Crippen LogP contribution is -2.56. The number of methoxy groups -OCH3 is 1. The van der Waals surface area contributed by atoms with Crippen LogP contribution in [0.4, 0.5) is 0 Å². The average molecular weight is 1390 g/mol. The molecule has 3 saturated heterocycles. The number of carbonyl (C=O) groups excluding carboxylic acids is 4. The zero-order valence-corrected chi connectivity index (χ0v) is 61.9. The lowest BCUT2D eigenvalue weighted by molar-refractivity contribution is -0.219. The van der Waals surface area contributed by atoms with Gasteiger partial charge < -0.3 is 65.7 Å². The third-order valence-corrected chi connectivity index (χ3v) is 31.7. The zero-order chi connectivity index (χ0) is 70.4. The Morgan fingerprint density at radius 3 is 1.06 bits per heavy atom. The largest absolute Gasteiger partial charge is 0.469 e. The van der Waals surface area contributed by atoms with Crippen molar-refractivity contribution in [1.82, 2.24) is 0 Å². The first-order chi connectivity index (χ1) is 47.2. The van der Waals surface area contributed by atoms with Crippen molar-refractivity contribution in [3.8, 4) is 0 Å². The van der Waals surface area contributed by atoms with Crippen LogP contribution in [-0.4, -0.2) is 148 Å². The number of ether oxygens (including phenoxy) is 12. The first kappa shape index (κ1) is 77.7. The second-order valence-corrected chi connectivity index (χ2v) is 38.7. The van der Waals surface area contributed by atoms with Crippen molar-refractivity contribution in [2.45, 2.75) is 248 Å². The second-order valence-electron chi connectivity index (χ2n) is 27.9. The number of benzene rings is 5. The number of carbonyl (C=O) groups is 4. The molecule has 0 aromatic heterocycles. The maximum Gasteiger partial charge on any atom is 0.338 e. The van der Waals surface area contributed by atoms with Gasteiger partial charge in [-0.2, -0.15) is 0 Å². The highest BCUT2D eigenvalue weighted by atomic mass is 28.4. The molecule has 0 radical (unpaired) electrons. The predicted molar refractivity (Wildman–Crippen MR) is 378 cm³/mol. The van der Waals surface area contributed by atoms with Crippen LogP contribution < -0.4 is 0 Å². The predicted octanol–water partition coefficient (Wildman–Crippen LogP) is 15.7. The molecule has 20 heteroatoms. The Kier molecular flexibility index (Phi) is 30.3. The molecule has 3 heterocycles. The van der Waals surface area contributed by atoms with E-state index in [4.69, 9.17) is 65.7 Å². The van der Waals surface area contributed by atoms with E-state index >= 15 is 0 Å². The van der Waals surface area contributed by atoms with Gasteiger partial charge in [-0.3, -0.25) is 4.79 Å². The van der Waals surface area contributed by atoms with E-state index in [2.05, 4.69) is 83.1 Å². The molecule has 0 spiro atoms. The van der Waals surface area contributed by atoms with Gasteiger partial charge in [-0.1, -0.05) is 224 Å². The molecule has 3 fully saturated rings. The van der Waals surface area contributed by atoms with E-state index in [9.17, 15) is 19.2 Å². The van der Waals surface area contributed by atoms with Crippen LogP contribution in [0.1, 0.15) is 170 Å². The van der Waals surface area contributed by atoms with Crippen LogP contribution in [0.25, 0.3) is 0 Å². The van der Waals surface area contributed by atoms with Crippen molar-refractivity contribution in [1.29, 1.82) is 0 Å². The molecule has 18 nitrogen and oxygen atoms in total. The Bertz CT molecular complexity index is 3120. The monoisotopic (exact) mass is 1390 g/mol. The van der Waals surface area contributed by atoms with Crippen molar-refractivity contribution < 1.29 is 84.9 Å². The molecule has 5 aromatic carbocycles. The Morgan fingerprint density at radius 2 is 0.694 bits per heavy atom. The van der Waals surface area contributed by atoms with Gasteiger partial charge in [0.1, 0.15) is 36.6 Å². The van der Waals surface area contributed by atoms with Crippen molar-refractivity contribution in [3.05, 3.63) is 179 Å². The van der Waals surface area contributed by atoms with Crippen LogP contribution in [-0.2, 0) is 83.7 Å². The number of hydrogen-bond acceptors (Lipinski definition) is 18. The maximum absolute atomic E-state index is 14.6. The summed E-state index contributed by atoms with van der Waals surface area (Å²) in [7, 11) is -3.91. The molecule has 12 atom stereocenters. The highest BCUT2D eigenvalue weighted by Gasteiger charge is 2.58. The van der Waals surface area contributed by atoms with Crippen molar-refractivity contribution in [3.63, 3.8) is 0 Å². The minimum atomic E-state index is -2.79. The third kappa shape index (κ3) is 20.4. The van der Waals surface area contributed by atoms with Crippen LogP contribution in [0.5, 0.6) is 0 Å². The lowest BCUT2D eigenvalue weighted by atomic mass is 10.1. The summed E-state index contributed by atoms with van der Waals surface area (Å²) in [5, 5.41) is 0. The van der Waals surface area contributed by atoms with Crippen molar-refractivity contribution in [2.75, 3.05) is 33.5 Å². The van der Waals surface area contributed by atoms with E-state index in [1.54, 1.807) is 72.8 Å². The summed E-state index contributed by atoms with van der Waals surface area (Å²) in [6.45, 7) is 27.0. The topological polar surface area (TPSA) is 197 Å². The quantitative estimate of drug-likeness (QED) is 0.0156. The first-order valence-electron chi connectivity index (χ1n) is 35.5. The third-order valence-electron chi connectivity index (χ3n) is 19.5. The number of unbranched alkanes of at least 4 members (excludes halogenated alkanes) is 5. The summed E-state index contributed by atoms with van der Waals surface area (Å²) in [5.74, 6) is -2.04. The molecule has 0 aliphatic carbocycles. The molecule has 8 rings (SSSR count). The minimum absolute atomic E-state index is 0.0770. The fraction of sp³-hybridized carbons (Fsp3) is 0.564. The Balaban J connectivity index is 1.14. The van der Waals surface area contributed by atoms with Crippen molar-refractivity contribution >= 4 is 40.5 Å². The van der Waals surface area contributed by atoms with Gasteiger partial charge in [0.25, 0.3) is 0 Å². The maximum atomic E-state index is 14.6. The summed E-state index contributed by atoms with van der Waals surface area (Å²) in [5.41, 5.74) is 3.90. The molecule has 0 unspecified atom stereocenters. The number of rotatable bonds is 39. The van der Waals surface area contributed by atoms with Crippen molar-refractivity contribution in [2.24, 2.45) is 0 Å². The lowest BCUT2D eigenvalue weighted by Gasteiger charge is -2.46. The van der Waals surface area contributed by atoms with Gasteiger partial charge >= 0.3 is 23.9 Å². The van der Waals surface area contributed by atoms with E-state index in [0.717, 1.165) is 43.2 Å². The average Bonchev–Trinajstić information content (AvgIpc) is 1.54. The molecule has 536 valence electrons. The van der Waals surface area contributed by atoms with E-state index in [1.165, 1.54) is 7.11 Å². The fourth-order valence-corrected chi connectivity index (χ4v) is 25.8. The second kappa shape index (κ2) is 38.2. The van der Waals surface area contributed by atoms with E-state index in [0.29, 0.717) is 24.0 Å². The van der Waals surface area contributed by atoms with Crippen LogP contribution in [0.3, 0.4) is 0 Å². The van der Waals surface area contributed by atoms with Crippen LogP contribution in [0, 0.1) is 0 Å². The van der Waals surface area contributed by atoms with Gasteiger partial charge in [-0.15, -0.1) is 0 Å². The minimum Gasteiger partial charge on any atom is -0.469 e. The van der Waals surface area contributed by atoms with Gasteiger partial charge in [0.2, 0.25) is 8.32 Å². The van der Waals surface area contributed by atoms with Gasteiger partial charge in [0.15, 0.2) is 45.5 Å². The van der Waals surface area contributed by atoms with E-state index in [1.807, 2.05) is 78.9 Å². The standard InChI is InChI=1S/C78H108O18Si2/c1-52(2)97(53(3)4,54(5)6)89-51-65-69(96-98(55(7)8,56(9)10)57(11)12)72(95-75(82)62-43-31-22-32-44-62)78(92-65)88-50-64-68(86-48-59-37-25-19-26-38-59)71(94-74(81)61-41-29-21-30-42-61)77(91-64)87-49-63-67(85-47-58-35-23-18-24-36-58)70(93-73(80)60-39-27-20-28-40-60)76(90-63)84-46-34-17-15-14-16-33-45-66(79)83-13/h18-32,35-44,52-57,63-65,67-72,76-78H,14-17,33-34,45-51H2,1-13H3/t63-,64-,65-,67-,68-,69-,70+,71+,72+,76+,77+,78+/m1/s1. The Hall–Kier alpha value is -5.99. The molecule has 3 aliphatic rings. The summed E-state index contributed by atoms with van der Waals surface area (Å²) in [6.07, 6.45) is -7.20. The Labute approximate surface area is 583 Å². The fourth-order valence-electron chi connectivity index (χ4n) is 14.8. The van der Waals surface area contributed by atoms with Gasteiger partial charge in [-0.05, 0) is 93.6 Å². The highest BCUT2D eigenvalue weighted by Crippen LogP contribution is 2.48. The molecule has 98 heavy (non-hydrogen) atoms. The molecule has 0 N–H and O–H groups in total. The number of hydrogen-bond donors (Lipinski definition) is 0. The van der Waals surface area contributed by atoms with E-state index in [-0.39, 0.29) is 84.4 Å². The smallest absolute Gasteiger partial charge is 0.338 e. The summed E-state index contributed by atoms with van der Waals surface area (Å²) in [4.78, 5) is 55.0. The SMILES string of the molecule is COC(=O)CCCCCCCCO[C@H]1O[C@H](CO[C@H]2O[C@H](CO[C@H]3O[C@H](CO[Si](C(C)C)(C(C)C)C(C)C)[C@@H](O[Si](C(C)C)(C(C)C)C(C)C)[C@@H]3OC(=O)c3ccccc3)[C@@H](OCc3ccccc3)[C@@H]2OC(=O)c2ccccc2)[C@@H](OCc2ccccc2)[C@@H]1OC(=O)c1ccccc1. The normalized spacial score (nSPS) is 23.5. The van der Waals surface area contributed by atoms with E-state index < -0.39 is 108 Å². The van der Waals surface area contributed by atoms with Crippen LogP contribution >= 0.6 is 0 Å². The number of esters is 4. The molecule has 0 saturated carbocycles. The zero-order valence-electron chi connectivity index (χ0n) is 59.9.